The van der Waals surface area contributed by atoms with E-state index in [-0.39, 0.29) is 16.0 Å². The zero-order chi connectivity index (χ0) is 14.9. The van der Waals surface area contributed by atoms with E-state index in [1.807, 2.05) is 13.8 Å². The Hall–Kier alpha value is -1.18. The molecule has 0 atom stereocenters. The molecule has 2 rings (SSSR count). The first-order valence-corrected chi connectivity index (χ1v) is 8.49. The van der Waals surface area contributed by atoms with Crippen molar-refractivity contribution in [2.75, 3.05) is 0 Å². The van der Waals surface area contributed by atoms with Crippen LogP contribution >= 0.6 is 22.3 Å². The number of aromatic nitrogens is 4. The Morgan fingerprint density at radius 1 is 1.40 bits per heavy atom. The van der Waals surface area contributed by atoms with Gasteiger partial charge in [0.05, 0.1) is 5.69 Å². The minimum atomic E-state index is -3.99. The van der Waals surface area contributed by atoms with Gasteiger partial charge in [0.2, 0.25) is 0 Å². The maximum absolute atomic E-state index is 11.7. The van der Waals surface area contributed by atoms with Crippen LogP contribution in [0.25, 0.3) is 5.82 Å². The summed E-state index contributed by atoms with van der Waals surface area (Å²) in [5.41, 5.74) is 0.325. The van der Waals surface area contributed by atoms with E-state index >= 15 is 0 Å². The van der Waals surface area contributed by atoms with Crippen LogP contribution in [0.5, 0.6) is 0 Å². The number of rotatable bonds is 4. The maximum Gasteiger partial charge on any atom is 0.266 e. The molecule has 0 aliphatic heterocycles. The molecule has 0 fully saturated rings. The van der Waals surface area contributed by atoms with E-state index < -0.39 is 9.05 Å². The summed E-state index contributed by atoms with van der Waals surface area (Å²) in [4.78, 5) is -0.166. The lowest BCUT2D eigenvalue weighted by Crippen LogP contribution is -2.02. The molecule has 0 amide bonds. The summed E-state index contributed by atoms with van der Waals surface area (Å²) in [6.45, 7) is 3.89. The van der Waals surface area contributed by atoms with Crippen LogP contribution in [-0.2, 0) is 15.5 Å². The topological polar surface area (TPSA) is 77.7 Å². The SMILES string of the molecule is CC(C)Cc1nn(-c2cccnn2)c(Cl)c1S(=O)(=O)Cl. The first kappa shape index (κ1) is 15.2. The van der Waals surface area contributed by atoms with Crippen molar-refractivity contribution < 1.29 is 8.42 Å². The van der Waals surface area contributed by atoms with E-state index in [0.717, 1.165) is 0 Å². The van der Waals surface area contributed by atoms with Crippen molar-refractivity contribution in [3.8, 4) is 5.82 Å². The van der Waals surface area contributed by atoms with Gasteiger partial charge in [-0.1, -0.05) is 25.4 Å². The predicted molar refractivity (Wildman–Crippen MR) is 75.7 cm³/mol. The predicted octanol–water partition coefficient (Wildman–Crippen LogP) is 2.44. The second-order valence-corrected chi connectivity index (χ2v) is 7.46. The van der Waals surface area contributed by atoms with Gasteiger partial charge in [-0.05, 0) is 24.5 Å². The van der Waals surface area contributed by atoms with Crippen molar-refractivity contribution in [2.24, 2.45) is 5.92 Å². The second-order valence-electron chi connectivity index (χ2n) is 4.60. The van der Waals surface area contributed by atoms with Crippen LogP contribution in [-0.4, -0.2) is 28.4 Å². The van der Waals surface area contributed by atoms with E-state index in [1.54, 1.807) is 12.1 Å². The quantitative estimate of drug-likeness (QED) is 0.802. The molecule has 0 unspecified atom stereocenters. The van der Waals surface area contributed by atoms with Crippen LogP contribution in [0.3, 0.4) is 0 Å². The third-order valence-corrected chi connectivity index (χ3v) is 4.32. The molecule has 2 aromatic heterocycles. The van der Waals surface area contributed by atoms with Crippen molar-refractivity contribution in [3.05, 3.63) is 29.2 Å². The van der Waals surface area contributed by atoms with Crippen molar-refractivity contribution >= 4 is 31.3 Å². The third-order valence-electron chi connectivity index (χ3n) is 2.48. The summed E-state index contributed by atoms with van der Waals surface area (Å²) in [6, 6.07) is 3.27. The van der Waals surface area contributed by atoms with Crippen molar-refractivity contribution in [3.63, 3.8) is 0 Å². The number of nitrogens with zero attached hydrogens (tertiary/aromatic N) is 4. The summed E-state index contributed by atoms with van der Waals surface area (Å²) in [5.74, 6) is 0.530. The normalized spacial score (nSPS) is 12.1. The first-order chi connectivity index (χ1) is 9.30. The number of hydrogen-bond acceptors (Lipinski definition) is 5. The molecule has 0 aliphatic carbocycles. The zero-order valence-corrected chi connectivity index (χ0v) is 13.1. The Balaban J connectivity index is 2.65. The van der Waals surface area contributed by atoms with Crippen molar-refractivity contribution in [2.45, 2.75) is 25.2 Å². The van der Waals surface area contributed by atoms with Crippen molar-refractivity contribution in [1.82, 2.24) is 20.0 Å². The standard InChI is InChI=1S/C11H12Cl2N4O2S/c1-7(2)6-8-10(20(13,18)19)11(12)17(16-8)9-4-3-5-14-15-9/h3-5,7H,6H2,1-2H3. The Kier molecular flexibility index (Phi) is 4.31. The lowest BCUT2D eigenvalue weighted by Gasteiger charge is -2.02. The fourth-order valence-corrected chi connectivity index (χ4v) is 3.58. The average molecular weight is 335 g/mol. The van der Waals surface area contributed by atoms with Gasteiger partial charge in [0, 0.05) is 16.9 Å². The van der Waals surface area contributed by atoms with E-state index in [0.29, 0.717) is 17.9 Å². The lowest BCUT2D eigenvalue weighted by atomic mass is 10.1. The van der Waals surface area contributed by atoms with Crippen molar-refractivity contribution in [1.29, 1.82) is 0 Å². The summed E-state index contributed by atoms with van der Waals surface area (Å²) in [5, 5.41) is 11.7. The molecule has 0 saturated heterocycles. The molecule has 108 valence electrons. The summed E-state index contributed by atoms with van der Waals surface area (Å²) in [6.07, 6.45) is 1.93. The maximum atomic E-state index is 11.7. The smallest absolute Gasteiger partial charge is 0.207 e. The molecule has 0 radical (unpaired) electrons. The Bertz CT molecular complexity index is 714. The van der Waals surface area contributed by atoms with Crippen LogP contribution in [0.15, 0.2) is 23.2 Å². The Labute approximate surface area is 126 Å². The van der Waals surface area contributed by atoms with Crippen LogP contribution in [0, 0.1) is 5.92 Å². The molecular formula is C11H12Cl2N4O2S. The van der Waals surface area contributed by atoms with Gasteiger partial charge >= 0.3 is 0 Å². The largest absolute Gasteiger partial charge is 0.266 e. The highest BCUT2D eigenvalue weighted by Gasteiger charge is 2.27. The molecule has 2 heterocycles. The van der Waals surface area contributed by atoms with Gasteiger partial charge in [0.25, 0.3) is 9.05 Å². The summed E-state index contributed by atoms with van der Waals surface area (Å²) in [7, 11) is 1.46. The van der Waals surface area contributed by atoms with Crippen LogP contribution in [0.1, 0.15) is 19.5 Å². The van der Waals surface area contributed by atoms with Gasteiger partial charge in [-0.15, -0.1) is 5.10 Å². The molecule has 9 heteroatoms. The van der Waals surface area contributed by atoms with E-state index in [4.69, 9.17) is 22.3 Å². The Morgan fingerprint density at radius 2 is 2.10 bits per heavy atom. The molecule has 0 spiro atoms. The first-order valence-electron chi connectivity index (χ1n) is 5.81. The van der Waals surface area contributed by atoms with Gasteiger partial charge < -0.3 is 0 Å². The molecule has 0 saturated carbocycles. The fraction of sp³-hybridized carbons (Fsp3) is 0.364. The zero-order valence-electron chi connectivity index (χ0n) is 10.8. The minimum absolute atomic E-state index is 0.0869. The number of hydrogen-bond donors (Lipinski definition) is 0. The molecule has 6 nitrogen and oxygen atoms in total. The monoisotopic (exact) mass is 334 g/mol. The highest BCUT2D eigenvalue weighted by atomic mass is 35.7. The highest BCUT2D eigenvalue weighted by Crippen LogP contribution is 2.31. The summed E-state index contributed by atoms with van der Waals surface area (Å²) < 4.78 is 24.6. The van der Waals surface area contributed by atoms with Gasteiger partial charge in [0.15, 0.2) is 11.0 Å². The third kappa shape index (κ3) is 3.11. The summed E-state index contributed by atoms with van der Waals surface area (Å²) >= 11 is 6.10. The Morgan fingerprint density at radius 3 is 2.60 bits per heavy atom. The minimum Gasteiger partial charge on any atom is -0.207 e. The van der Waals surface area contributed by atoms with E-state index in [1.165, 1.54) is 10.9 Å². The molecule has 0 aromatic carbocycles. The molecule has 0 N–H and O–H groups in total. The van der Waals surface area contributed by atoms with Gasteiger partial charge in [-0.3, -0.25) is 0 Å². The highest BCUT2D eigenvalue weighted by molar-refractivity contribution is 8.13. The fourth-order valence-electron chi connectivity index (χ4n) is 1.74. The molecular weight excluding hydrogens is 323 g/mol. The van der Waals surface area contributed by atoms with Gasteiger partial charge in [-0.25, -0.2) is 13.1 Å². The molecule has 0 aliphatic rings. The van der Waals surface area contributed by atoms with Gasteiger partial charge in [0.1, 0.15) is 4.90 Å². The van der Waals surface area contributed by atoms with Crippen LogP contribution < -0.4 is 0 Å². The molecule has 0 bridgehead atoms. The van der Waals surface area contributed by atoms with E-state index in [2.05, 4.69) is 15.3 Å². The number of halogens is 2. The van der Waals surface area contributed by atoms with Crippen LogP contribution in [0.4, 0.5) is 0 Å². The van der Waals surface area contributed by atoms with Gasteiger partial charge in [-0.2, -0.15) is 10.2 Å². The second kappa shape index (κ2) is 5.67. The molecule has 2 aromatic rings. The average Bonchev–Trinajstić information content (AvgIpc) is 2.66. The molecule has 20 heavy (non-hydrogen) atoms. The lowest BCUT2D eigenvalue weighted by molar-refractivity contribution is 0.600. The van der Waals surface area contributed by atoms with Crippen LogP contribution in [0.2, 0.25) is 5.15 Å². The van der Waals surface area contributed by atoms with E-state index in [9.17, 15) is 8.42 Å².